The number of rotatable bonds is 4. The lowest BCUT2D eigenvalue weighted by Crippen LogP contribution is -2.53. The van der Waals surface area contributed by atoms with Crippen molar-refractivity contribution in [2.24, 2.45) is 5.41 Å². The van der Waals surface area contributed by atoms with Crippen LogP contribution in [0.5, 0.6) is 0 Å². The minimum atomic E-state index is -0.717. The van der Waals surface area contributed by atoms with Crippen molar-refractivity contribution in [3.05, 3.63) is 18.2 Å². The van der Waals surface area contributed by atoms with E-state index in [0.717, 1.165) is 25.1 Å². The second-order valence-electron chi connectivity index (χ2n) is 6.69. The standard InChI is InChI=1S/C15H25N3O2/c1-11(2)18-10-16-8-12(18)9-17-7-5-6-15(3,4)13(17)14(19)20/h8,10-11,13H,5-7,9H2,1-4H3,(H,19,20). The van der Waals surface area contributed by atoms with Gasteiger partial charge in [0.05, 0.1) is 12.0 Å². The van der Waals surface area contributed by atoms with Crippen molar-refractivity contribution < 1.29 is 9.90 Å². The highest BCUT2D eigenvalue weighted by molar-refractivity contribution is 5.74. The van der Waals surface area contributed by atoms with Crippen molar-refractivity contribution in [2.75, 3.05) is 6.54 Å². The van der Waals surface area contributed by atoms with E-state index in [0.29, 0.717) is 12.6 Å². The quantitative estimate of drug-likeness (QED) is 0.920. The molecule has 5 nitrogen and oxygen atoms in total. The summed E-state index contributed by atoms with van der Waals surface area (Å²) in [6, 6.07) is -0.0830. The van der Waals surface area contributed by atoms with Gasteiger partial charge in [-0.15, -0.1) is 0 Å². The summed E-state index contributed by atoms with van der Waals surface area (Å²) >= 11 is 0. The van der Waals surface area contributed by atoms with Gasteiger partial charge in [0.25, 0.3) is 0 Å². The molecule has 2 heterocycles. The molecule has 0 spiro atoms. The van der Waals surface area contributed by atoms with E-state index < -0.39 is 12.0 Å². The predicted octanol–water partition coefficient (Wildman–Crippen LogP) is 2.54. The maximum Gasteiger partial charge on any atom is 0.321 e. The molecule has 1 saturated heterocycles. The van der Waals surface area contributed by atoms with Gasteiger partial charge in [-0.25, -0.2) is 4.98 Å². The first-order chi connectivity index (χ1) is 9.33. The third kappa shape index (κ3) is 2.87. The molecule has 0 bridgehead atoms. The first-order valence-corrected chi connectivity index (χ1v) is 7.30. The smallest absolute Gasteiger partial charge is 0.321 e. The Morgan fingerprint density at radius 3 is 2.85 bits per heavy atom. The molecule has 1 unspecified atom stereocenters. The van der Waals surface area contributed by atoms with Gasteiger partial charge >= 0.3 is 5.97 Å². The Balaban J connectivity index is 2.22. The van der Waals surface area contributed by atoms with Crippen LogP contribution < -0.4 is 0 Å². The van der Waals surface area contributed by atoms with Gasteiger partial charge in [-0.3, -0.25) is 9.69 Å². The largest absolute Gasteiger partial charge is 0.480 e. The Morgan fingerprint density at radius 2 is 2.25 bits per heavy atom. The molecule has 20 heavy (non-hydrogen) atoms. The zero-order chi connectivity index (χ0) is 14.9. The molecule has 1 fully saturated rings. The van der Waals surface area contributed by atoms with Gasteiger partial charge in [0.2, 0.25) is 0 Å². The molecule has 0 aliphatic carbocycles. The molecule has 1 N–H and O–H groups in total. The van der Waals surface area contributed by atoms with Gasteiger partial charge < -0.3 is 9.67 Å². The zero-order valence-electron chi connectivity index (χ0n) is 12.8. The van der Waals surface area contributed by atoms with E-state index in [2.05, 4.69) is 42.1 Å². The first kappa shape index (κ1) is 15.0. The molecule has 1 aromatic rings. The molecule has 112 valence electrons. The van der Waals surface area contributed by atoms with Crippen LogP contribution in [0.1, 0.15) is 52.3 Å². The molecule has 0 amide bonds. The molecule has 2 rings (SSSR count). The molecule has 1 aliphatic heterocycles. The number of carboxylic acids is 1. The van der Waals surface area contributed by atoms with E-state index in [-0.39, 0.29) is 5.41 Å². The Kier molecular flexibility index (Phi) is 4.18. The predicted molar refractivity (Wildman–Crippen MR) is 77.5 cm³/mol. The fourth-order valence-electron chi connectivity index (χ4n) is 3.29. The lowest BCUT2D eigenvalue weighted by atomic mass is 9.76. The average molecular weight is 279 g/mol. The zero-order valence-corrected chi connectivity index (χ0v) is 12.8. The maximum atomic E-state index is 11.7. The number of aliphatic carboxylic acids is 1. The number of nitrogens with zero attached hydrogens (tertiary/aromatic N) is 3. The van der Waals surface area contributed by atoms with Crippen LogP contribution in [0, 0.1) is 5.41 Å². The number of imidazole rings is 1. The molecule has 1 aromatic heterocycles. The topological polar surface area (TPSA) is 58.4 Å². The van der Waals surface area contributed by atoms with Gasteiger partial charge in [-0.05, 0) is 38.6 Å². The molecule has 5 heteroatoms. The third-order valence-electron chi connectivity index (χ3n) is 4.27. The van der Waals surface area contributed by atoms with E-state index in [1.54, 1.807) is 0 Å². The van der Waals surface area contributed by atoms with Crippen LogP contribution in [0.3, 0.4) is 0 Å². The molecular formula is C15H25N3O2. The number of carbonyl (C=O) groups is 1. The minimum absolute atomic E-state index is 0.188. The Hall–Kier alpha value is -1.36. The van der Waals surface area contributed by atoms with Gasteiger partial charge in [0.1, 0.15) is 6.04 Å². The number of aromatic nitrogens is 2. The van der Waals surface area contributed by atoms with Crippen LogP contribution in [0.15, 0.2) is 12.5 Å². The molecule has 0 aromatic carbocycles. The summed E-state index contributed by atoms with van der Waals surface area (Å²) in [4.78, 5) is 18.0. The van der Waals surface area contributed by atoms with Crippen molar-refractivity contribution in [3.63, 3.8) is 0 Å². The molecule has 0 saturated carbocycles. The van der Waals surface area contributed by atoms with E-state index in [1.165, 1.54) is 0 Å². The fourth-order valence-corrected chi connectivity index (χ4v) is 3.29. The average Bonchev–Trinajstić information content (AvgIpc) is 2.75. The highest BCUT2D eigenvalue weighted by Crippen LogP contribution is 2.36. The number of carboxylic acid groups (broad SMARTS) is 1. The summed E-state index contributed by atoms with van der Waals surface area (Å²) in [7, 11) is 0. The normalized spacial score (nSPS) is 23.1. The number of piperidine rings is 1. The molecular weight excluding hydrogens is 254 g/mol. The third-order valence-corrected chi connectivity index (χ3v) is 4.27. The van der Waals surface area contributed by atoms with E-state index in [9.17, 15) is 9.90 Å². The molecule has 1 atom stereocenters. The van der Waals surface area contributed by atoms with Crippen molar-refractivity contribution in [1.29, 1.82) is 0 Å². The van der Waals surface area contributed by atoms with Crippen molar-refractivity contribution >= 4 is 5.97 Å². The van der Waals surface area contributed by atoms with Crippen molar-refractivity contribution in [1.82, 2.24) is 14.5 Å². The summed E-state index contributed by atoms with van der Waals surface area (Å²) in [5.74, 6) is -0.717. The van der Waals surface area contributed by atoms with Crippen LogP contribution in [0.2, 0.25) is 0 Å². The SMILES string of the molecule is CC(C)n1cncc1CN1CCCC(C)(C)C1C(=O)O. The van der Waals surface area contributed by atoms with E-state index >= 15 is 0 Å². The Bertz CT molecular complexity index is 479. The highest BCUT2D eigenvalue weighted by Gasteiger charge is 2.42. The fraction of sp³-hybridized carbons (Fsp3) is 0.733. The minimum Gasteiger partial charge on any atom is -0.480 e. The van der Waals surface area contributed by atoms with E-state index in [1.807, 2.05) is 12.5 Å². The second kappa shape index (κ2) is 5.56. The number of likely N-dealkylation sites (tertiary alicyclic amines) is 1. The van der Waals surface area contributed by atoms with Crippen LogP contribution in [0.25, 0.3) is 0 Å². The van der Waals surface area contributed by atoms with E-state index in [4.69, 9.17) is 0 Å². The second-order valence-corrected chi connectivity index (χ2v) is 6.69. The number of hydrogen-bond acceptors (Lipinski definition) is 3. The molecule has 0 radical (unpaired) electrons. The first-order valence-electron chi connectivity index (χ1n) is 7.30. The summed E-state index contributed by atoms with van der Waals surface area (Å²) in [5, 5.41) is 9.59. The highest BCUT2D eigenvalue weighted by atomic mass is 16.4. The van der Waals surface area contributed by atoms with Crippen molar-refractivity contribution in [3.8, 4) is 0 Å². The summed E-state index contributed by atoms with van der Waals surface area (Å²) in [6.07, 6.45) is 5.68. The summed E-state index contributed by atoms with van der Waals surface area (Å²) < 4.78 is 2.11. The number of hydrogen-bond donors (Lipinski definition) is 1. The maximum absolute atomic E-state index is 11.7. The van der Waals surface area contributed by atoms with Crippen LogP contribution in [-0.4, -0.2) is 38.1 Å². The van der Waals surface area contributed by atoms with Gasteiger partial charge in [-0.2, -0.15) is 0 Å². The van der Waals surface area contributed by atoms with Crippen LogP contribution in [-0.2, 0) is 11.3 Å². The summed E-state index contributed by atoms with van der Waals surface area (Å²) in [5.41, 5.74) is 0.899. The lowest BCUT2D eigenvalue weighted by molar-refractivity contribution is -0.151. The van der Waals surface area contributed by atoms with Crippen LogP contribution in [0.4, 0.5) is 0 Å². The van der Waals surface area contributed by atoms with Crippen molar-refractivity contribution in [2.45, 2.75) is 59.2 Å². The van der Waals surface area contributed by atoms with Gasteiger partial charge in [0.15, 0.2) is 0 Å². The summed E-state index contributed by atoms with van der Waals surface area (Å²) in [6.45, 7) is 9.82. The van der Waals surface area contributed by atoms with Crippen LogP contribution >= 0.6 is 0 Å². The Labute approximate surface area is 120 Å². The molecule has 1 aliphatic rings. The van der Waals surface area contributed by atoms with Gasteiger partial charge in [0, 0.05) is 18.8 Å². The van der Waals surface area contributed by atoms with Gasteiger partial charge in [-0.1, -0.05) is 13.8 Å². The lowest BCUT2D eigenvalue weighted by Gasteiger charge is -2.44. The Morgan fingerprint density at radius 1 is 1.55 bits per heavy atom. The monoisotopic (exact) mass is 279 g/mol.